The van der Waals surface area contributed by atoms with Gasteiger partial charge in [0.1, 0.15) is 11.5 Å². The number of hydrogen-bond donors (Lipinski definition) is 1. The van der Waals surface area contributed by atoms with Gasteiger partial charge in [-0.25, -0.2) is 4.79 Å². The van der Waals surface area contributed by atoms with E-state index in [2.05, 4.69) is 16.8 Å². The topological polar surface area (TPSA) is 50.8 Å². The first-order valence-electron chi connectivity index (χ1n) is 9.06. The molecule has 0 bridgehead atoms. The van der Waals surface area contributed by atoms with Crippen LogP contribution in [0.2, 0.25) is 0 Å². The fraction of sp³-hybridized carbons (Fsp3) is 0.450. The number of nitrogens with one attached hydrogen (secondary N) is 1. The average Bonchev–Trinajstić information content (AvgIpc) is 3.20. The van der Waals surface area contributed by atoms with Gasteiger partial charge < -0.3 is 19.7 Å². The maximum Gasteiger partial charge on any atom is 0.317 e. The summed E-state index contributed by atoms with van der Waals surface area (Å²) in [7, 11) is 1.65. The molecule has 3 rings (SSSR count). The van der Waals surface area contributed by atoms with Gasteiger partial charge in [0.25, 0.3) is 0 Å². The minimum Gasteiger partial charge on any atom is -0.497 e. The molecule has 0 saturated carbocycles. The quantitative estimate of drug-likeness (QED) is 0.802. The molecule has 2 amide bonds. The second-order valence-corrected chi connectivity index (χ2v) is 7.54. The molecule has 6 heteroatoms. The van der Waals surface area contributed by atoms with E-state index in [1.165, 1.54) is 4.88 Å². The molecule has 2 aromatic rings. The molecular formula is C20H26N2O3S. The van der Waals surface area contributed by atoms with Crippen LogP contribution in [-0.2, 0) is 6.42 Å². The maximum atomic E-state index is 12.4. The maximum absolute atomic E-state index is 12.4. The van der Waals surface area contributed by atoms with Crippen LogP contribution in [0.15, 0.2) is 41.8 Å². The van der Waals surface area contributed by atoms with Gasteiger partial charge in [0, 0.05) is 36.5 Å². The van der Waals surface area contributed by atoms with E-state index < -0.39 is 0 Å². The SMILES string of the molecule is COc1cccc(OC[C@@H]2CCCN(C(=O)NCCc3cccs3)C2)c1. The van der Waals surface area contributed by atoms with E-state index in [9.17, 15) is 4.79 Å². The molecule has 0 radical (unpaired) electrons. The van der Waals surface area contributed by atoms with Crippen LogP contribution in [0.1, 0.15) is 17.7 Å². The van der Waals surface area contributed by atoms with Crippen molar-refractivity contribution in [2.75, 3.05) is 33.4 Å². The van der Waals surface area contributed by atoms with Crippen molar-refractivity contribution in [2.24, 2.45) is 5.92 Å². The van der Waals surface area contributed by atoms with E-state index in [1.54, 1.807) is 18.4 Å². The summed E-state index contributed by atoms with van der Waals surface area (Å²) in [4.78, 5) is 15.6. The molecule has 0 spiro atoms. The van der Waals surface area contributed by atoms with Gasteiger partial charge in [0.05, 0.1) is 13.7 Å². The number of urea groups is 1. The molecule has 2 heterocycles. The van der Waals surface area contributed by atoms with Crippen LogP contribution in [0.3, 0.4) is 0 Å². The van der Waals surface area contributed by atoms with Gasteiger partial charge in [-0.05, 0) is 42.8 Å². The molecule has 1 fully saturated rings. The largest absolute Gasteiger partial charge is 0.497 e. The van der Waals surface area contributed by atoms with Gasteiger partial charge >= 0.3 is 6.03 Å². The van der Waals surface area contributed by atoms with Crippen molar-refractivity contribution < 1.29 is 14.3 Å². The lowest BCUT2D eigenvalue weighted by atomic mass is 9.99. The van der Waals surface area contributed by atoms with Gasteiger partial charge in [-0.2, -0.15) is 0 Å². The van der Waals surface area contributed by atoms with Crippen LogP contribution in [0.4, 0.5) is 4.79 Å². The number of hydrogen-bond acceptors (Lipinski definition) is 4. The van der Waals surface area contributed by atoms with Crippen LogP contribution >= 0.6 is 11.3 Å². The summed E-state index contributed by atoms with van der Waals surface area (Å²) < 4.78 is 11.1. The third-order valence-electron chi connectivity index (χ3n) is 4.56. The number of carbonyl (C=O) groups is 1. The lowest BCUT2D eigenvalue weighted by molar-refractivity contribution is 0.137. The Bertz CT molecular complexity index is 690. The minimum absolute atomic E-state index is 0.0348. The summed E-state index contributed by atoms with van der Waals surface area (Å²) in [6.07, 6.45) is 2.99. The zero-order valence-electron chi connectivity index (χ0n) is 15.1. The zero-order chi connectivity index (χ0) is 18.2. The van der Waals surface area contributed by atoms with Gasteiger partial charge in [-0.3, -0.25) is 0 Å². The Morgan fingerprint density at radius 1 is 1.31 bits per heavy atom. The lowest BCUT2D eigenvalue weighted by Gasteiger charge is -2.32. The Morgan fingerprint density at radius 2 is 2.19 bits per heavy atom. The molecule has 1 aromatic heterocycles. The second kappa shape index (κ2) is 9.48. The first-order valence-corrected chi connectivity index (χ1v) is 9.94. The smallest absolute Gasteiger partial charge is 0.317 e. The molecule has 0 unspecified atom stereocenters. The second-order valence-electron chi connectivity index (χ2n) is 6.51. The Labute approximate surface area is 158 Å². The number of ether oxygens (including phenoxy) is 2. The highest BCUT2D eigenvalue weighted by Gasteiger charge is 2.24. The molecule has 5 nitrogen and oxygen atoms in total. The third-order valence-corrected chi connectivity index (χ3v) is 5.50. The minimum atomic E-state index is 0.0348. The van der Waals surface area contributed by atoms with Gasteiger partial charge in [-0.1, -0.05) is 12.1 Å². The van der Waals surface area contributed by atoms with Crippen molar-refractivity contribution in [2.45, 2.75) is 19.3 Å². The van der Waals surface area contributed by atoms with Crippen LogP contribution in [0.5, 0.6) is 11.5 Å². The van der Waals surface area contributed by atoms with Crippen molar-refractivity contribution in [1.82, 2.24) is 10.2 Å². The van der Waals surface area contributed by atoms with E-state index in [1.807, 2.05) is 35.2 Å². The molecule has 1 aliphatic rings. The van der Waals surface area contributed by atoms with E-state index in [0.717, 1.165) is 43.9 Å². The Hall–Kier alpha value is -2.21. The normalized spacial score (nSPS) is 17.0. The van der Waals surface area contributed by atoms with Crippen LogP contribution in [0.25, 0.3) is 0 Å². The summed E-state index contributed by atoms with van der Waals surface area (Å²) in [5.41, 5.74) is 0. The highest BCUT2D eigenvalue weighted by Crippen LogP contribution is 2.22. The number of likely N-dealkylation sites (tertiary alicyclic amines) is 1. The number of benzene rings is 1. The number of thiophene rings is 1. The molecule has 26 heavy (non-hydrogen) atoms. The monoisotopic (exact) mass is 374 g/mol. The summed E-state index contributed by atoms with van der Waals surface area (Å²) in [6, 6.07) is 11.8. The number of methoxy groups -OCH3 is 1. The third kappa shape index (κ3) is 5.39. The summed E-state index contributed by atoms with van der Waals surface area (Å²) in [5, 5.41) is 5.10. The fourth-order valence-electron chi connectivity index (χ4n) is 3.15. The lowest BCUT2D eigenvalue weighted by Crippen LogP contribution is -2.46. The van der Waals surface area contributed by atoms with Crippen molar-refractivity contribution in [3.63, 3.8) is 0 Å². The van der Waals surface area contributed by atoms with Crippen LogP contribution < -0.4 is 14.8 Å². The fourth-order valence-corrected chi connectivity index (χ4v) is 3.86. The van der Waals surface area contributed by atoms with Crippen molar-refractivity contribution in [3.8, 4) is 11.5 Å². The zero-order valence-corrected chi connectivity index (χ0v) is 16.0. The van der Waals surface area contributed by atoms with E-state index in [-0.39, 0.29) is 6.03 Å². The van der Waals surface area contributed by atoms with E-state index >= 15 is 0 Å². The molecule has 1 aliphatic heterocycles. The van der Waals surface area contributed by atoms with Crippen LogP contribution in [-0.4, -0.2) is 44.3 Å². The predicted molar refractivity (Wildman–Crippen MR) is 104 cm³/mol. The van der Waals surface area contributed by atoms with Gasteiger partial charge in [0.15, 0.2) is 0 Å². The Kier molecular flexibility index (Phi) is 6.77. The molecule has 1 saturated heterocycles. The van der Waals surface area contributed by atoms with Gasteiger partial charge in [-0.15, -0.1) is 11.3 Å². The molecule has 1 atom stereocenters. The molecular weight excluding hydrogens is 348 g/mol. The predicted octanol–water partition coefficient (Wildman–Crippen LogP) is 3.80. The van der Waals surface area contributed by atoms with Crippen molar-refractivity contribution in [1.29, 1.82) is 0 Å². The van der Waals surface area contributed by atoms with Crippen LogP contribution in [0, 0.1) is 5.92 Å². The number of carbonyl (C=O) groups excluding carboxylic acids is 1. The van der Waals surface area contributed by atoms with Crippen molar-refractivity contribution in [3.05, 3.63) is 46.7 Å². The summed E-state index contributed by atoms with van der Waals surface area (Å²) >= 11 is 1.73. The standard InChI is InChI=1S/C20H26N2O3S/c1-24-17-6-2-7-18(13-17)25-15-16-5-3-11-22(14-16)20(23)21-10-9-19-8-4-12-26-19/h2,4,6-8,12-13,16H,3,5,9-11,14-15H2,1H3,(H,21,23)/t16-/m1/s1. The molecule has 1 aromatic carbocycles. The molecule has 0 aliphatic carbocycles. The highest BCUT2D eigenvalue weighted by molar-refractivity contribution is 7.09. The van der Waals surface area contributed by atoms with Gasteiger partial charge in [0.2, 0.25) is 0 Å². The number of amides is 2. The average molecular weight is 375 g/mol. The Morgan fingerprint density at radius 3 is 3.00 bits per heavy atom. The van der Waals surface area contributed by atoms with E-state index in [4.69, 9.17) is 9.47 Å². The summed E-state index contributed by atoms with van der Waals surface area (Å²) in [6.45, 7) is 2.86. The highest BCUT2D eigenvalue weighted by atomic mass is 32.1. The van der Waals surface area contributed by atoms with E-state index in [0.29, 0.717) is 19.1 Å². The number of piperidine rings is 1. The molecule has 1 N–H and O–H groups in total. The molecule has 140 valence electrons. The van der Waals surface area contributed by atoms with Crippen molar-refractivity contribution >= 4 is 17.4 Å². The Balaban J connectivity index is 1.42. The first-order chi connectivity index (χ1) is 12.7. The number of rotatable bonds is 7. The summed E-state index contributed by atoms with van der Waals surface area (Å²) in [5.74, 6) is 1.96. The first kappa shape index (κ1) is 18.6. The number of nitrogens with zero attached hydrogens (tertiary/aromatic N) is 1.